The number of nitrogens with zero attached hydrogens (tertiary/aromatic N) is 2. The quantitative estimate of drug-likeness (QED) is 0.752. The number of hydrogen-bond donors (Lipinski definition) is 2. The Morgan fingerprint density at radius 2 is 2.04 bits per heavy atom. The van der Waals surface area contributed by atoms with Gasteiger partial charge in [-0.2, -0.15) is 18.3 Å². The topological polar surface area (TPSA) is 107 Å². The van der Waals surface area contributed by atoms with Crippen molar-refractivity contribution in [1.82, 2.24) is 9.78 Å². The van der Waals surface area contributed by atoms with Gasteiger partial charge in [-0.15, -0.1) is 11.3 Å². The second kappa shape index (κ2) is 7.14. The number of fused-ring (bicyclic) bond motifs is 1. The fourth-order valence-electron chi connectivity index (χ4n) is 3.05. The standard InChI is InChI=1S/C16H15F3N4O3S/c17-16(18,19)13-8(7-24)5-23(22-13)6-11(25)21-15-12(14(20)26)9-3-1-2-4-10(9)27-15/h5,7H,1-4,6H2,(H2,20,26)(H,21,25). The second-order valence-electron chi connectivity index (χ2n) is 6.07. The number of primary amides is 1. The summed E-state index contributed by atoms with van der Waals surface area (Å²) in [6, 6.07) is 0. The van der Waals surface area contributed by atoms with Crippen LogP contribution in [0.25, 0.3) is 0 Å². The molecule has 27 heavy (non-hydrogen) atoms. The maximum atomic E-state index is 12.8. The second-order valence-corrected chi connectivity index (χ2v) is 7.18. The minimum atomic E-state index is -4.80. The van der Waals surface area contributed by atoms with Crippen LogP contribution in [0, 0.1) is 0 Å². The minimum Gasteiger partial charge on any atom is -0.365 e. The van der Waals surface area contributed by atoms with E-state index in [1.165, 1.54) is 11.3 Å². The molecule has 2 heterocycles. The van der Waals surface area contributed by atoms with E-state index >= 15 is 0 Å². The summed E-state index contributed by atoms with van der Waals surface area (Å²) in [4.78, 5) is 35.8. The molecule has 2 amide bonds. The molecule has 1 aliphatic rings. The van der Waals surface area contributed by atoms with Crippen molar-refractivity contribution in [2.24, 2.45) is 5.73 Å². The first kappa shape index (κ1) is 19.1. The molecule has 0 bridgehead atoms. The predicted octanol–water partition coefficient (Wildman–Crippen LogP) is 2.39. The van der Waals surface area contributed by atoms with Gasteiger partial charge in [-0.25, -0.2) is 0 Å². The summed E-state index contributed by atoms with van der Waals surface area (Å²) in [6.07, 6.45) is -0.555. The first-order valence-electron chi connectivity index (χ1n) is 8.04. The van der Waals surface area contributed by atoms with Gasteiger partial charge in [0.2, 0.25) is 5.91 Å². The number of aldehydes is 1. The Kier molecular flexibility index (Phi) is 5.05. The predicted molar refractivity (Wildman–Crippen MR) is 90.7 cm³/mol. The average Bonchev–Trinajstić information content (AvgIpc) is 3.14. The molecule has 144 valence electrons. The number of carbonyl (C=O) groups is 3. The number of amides is 2. The molecule has 2 aromatic rings. The molecule has 0 spiro atoms. The number of carbonyl (C=O) groups excluding carboxylic acids is 3. The molecule has 0 saturated heterocycles. The SMILES string of the molecule is NC(=O)c1c(NC(=O)Cn2cc(C=O)c(C(F)(F)F)n2)sc2c1CCCC2. The van der Waals surface area contributed by atoms with E-state index in [1.807, 2.05) is 0 Å². The molecule has 0 unspecified atom stereocenters. The lowest BCUT2D eigenvalue weighted by molar-refractivity contribution is -0.142. The van der Waals surface area contributed by atoms with Gasteiger partial charge in [0.1, 0.15) is 11.5 Å². The van der Waals surface area contributed by atoms with Crippen molar-refractivity contribution in [1.29, 1.82) is 0 Å². The van der Waals surface area contributed by atoms with Gasteiger partial charge in [0, 0.05) is 11.1 Å². The van der Waals surface area contributed by atoms with Gasteiger partial charge in [-0.1, -0.05) is 0 Å². The van der Waals surface area contributed by atoms with Crippen molar-refractivity contribution in [3.63, 3.8) is 0 Å². The Hall–Kier alpha value is -2.69. The van der Waals surface area contributed by atoms with E-state index in [1.54, 1.807) is 0 Å². The zero-order chi connectivity index (χ0) is 19.8. The van der Waals surface area contributed by atoms with Crippen LogP contribution in [-0.4, -0.2) is 27.9 Å². The Morgan fingerprint density at radius 1 is 1.33 bits per heavy atom. The molecule has 0 atom stereocenters. The number of alkyl halides is 3. The number of halogens is 3. The van der Waals surface area contributed by atoms with Crippen LogP contribution in [0.5, 0.6) is 0 Å². The number of thiophene rings is 1. The first-order valence-corrected chi connectivity index (χ1v) is 8.86. The van der Waals surface area contributed by atoms with E-state index in [4.69, 9.17) is 5.73 Å². The zero-order valence-electron chi connectivity index (χ0n) is 13.9. The van der Waals surface area contributed by atoms with Crippen LogP contribution in [0.2, 0.25) is 0 Å². The summed E-state index contributed by atoms with van der Waals surface area (Å²) < 4.78 is 39.2. The fraction of sp³-hybridized carbons (Fsp3) is 0.375. The number of anilines is 1. The van der Waals surface area contributed by atoms with Crippen LogP contribution in [0.3, 0.4) is 0 Å². The summed E-state index contributed by atoms with van der Waals surface area (Å²) in [7, 11) is 0. The monoisotopic (exact) mass is 400 g/mol. The molecule has 1 aliphatic carbocycles. The van der Waals surface area contributed by atoms with Crippen molar-refractivity contribution in [3.05, 3.63) is 33.5 Å². The molecular weight excluding hydrogens is 385 g/mol. The van der Waals surface area contributed by atoms with Crippen LogP contribution in [-0.2, 0) is 30.4 Å². The number of hydrogen-bond acceptors (Lipinski definition) is 5. The Bertz CT molecular complexity index is 917. The number of rotatable bonds is 5. The summed E-state index contributed by atoms with van der Waals surface area (Å²) in [5.41, 5.74) is 4.52. The molecule has 0 saturated carbocycles. The third-order valence-corrected chi connectivity index (χ3v) is 5.37. The number of aromatic nitrogens is 2. The average molecular weight is 400 g/mol. The summed E-state index contributed by atoms with van der Waals surface area (Å²) in [5, 5.41) is 6.09. The molecule has 0 aliphatic heterocycles. The smallest absolute Gasteiger partial charge is 0.365 e. The first-order chi connectivity index (χ1) is 12.7. The van der Waals surface area contributed by atoms with Crippen LogP contribution in [0.4, 0.5) is 18.2 Å². The lowest BCUT2D eigenvalue weighted by Gasteiger charge is -2.11. The summed E-state index contributed by atoms with van der Waals surface area (Å²) in [6.45, 7) is -0.544. The molecule has 3 rings (SSSR count). The summed E-state index contributed by atoms with van der Waals surface area (Å²) >= 11 is 1.25. The largest absolute Gasteiger partial charge is 0.435 e. The van der Waals surface area contributed by atoms with E-state index in [2.05, 4.69) is 10.4 Å². The van der Waals surface area contributed by atoms with Crippen LogP contribution >= 0.6 is 11.3 Å². The lowest BCUT2D eigenvalue weighted by atomic mass is 9.95. The summed E-state index contributed by atoms with van der Waals surface area (Å²) in [5.74, 6) is -1.34. The Balaban J connectivity index is 1.81. The Morgan fingerprint density at radius 3 is 2.63 bits per heavy atom. The minimum absolute atomic E-state index is 0.0305. The van der Waals surface area contributed by atoms with E-state index in [0.717, 1.165) is 40.6 Å². The van der Waals surface area contributed by atoms with Crippen molar-refractivity contribution in [2.75, 3.05) is 5.32 Å². The third-order valence-electron chi connectivity index (χ3n) is 4.16. The number of nitrogens with one attached hydrogen (secondary N) is 1. The molecule has 0 aromatic carbocycles. The highest BCUT2D eigenvalue weighted by molar-refractivity contribution is 7.17. The lowest BCUT2D eigenvalue weighted by Crippen LogP contribution is -2.22. The molecular formula is C16H15F3N4O3S. The zero-order valence-corrected chi connectivity index (χ0v) is 14.7. The third kappa shape index (κ3) is 3.87. The van der Waals surface area contributed by atoms with Gasteiger partial charge >= 0.3 is 6.18 Å². The van der Waals surface area contributed by atoms with Gasteiger partial charge in [-0.3, -0.25) is 19.1 Å². The van der Waals surface area contributed by atoms with Gasteiger partial charge in [0.05, 0.1) is 11.1 Å². The van der Waals surface area contributed by atoms with Crippen LogP contribution < -0.4 is 11.1 Å². The molecule has 0 fully saturated rings. The maximum Gasteiger partial charge on any atom is 0.435 e. The molecule has 7 nitrogen and oxygen atoms in total. The van der Waals surface area contributed by atoms with Crippen molar-refractivity contribution in [3.8, 4) is 0 Å². The van der Waals surface area contributed by atoms with Crippen molar-refractivity contribution in [2.45, 2.75) is 38.4 Å². The molecule has 11 heteroatoms. The van der Waals surface area contributed by atoms with Gasteiger partial charge in [0.25, 0.3) is 5.91 Å². The van der Waals surface area contributed by atoms with Crippen molar-refractivity contribution < 1.29 is 27.6 Å². The van der Waals surface area contributed by atoms with Crippen LogP contribution in [0.1, 0.15) is 49.7 Å². The highest BCUT2D eigenvalue weighted by Crippen LogP contribution is 2.38. The molecule has 0 radical (unpaired) electrons. The Labute approximate surface area is 155 Å². The normalized spacial score (nSPS) is 13.9. The molecule has 2 aromatic heterocycles. The highest BCUT2D eigenvalue weighted by atomic mass is 32.1. The number of aryl methyl sites for hydroxylation is 1. The van der Waals surface area contributed by atoms with E-state index in [-0.39, 0.29) is 11.8 Å². The maximum absolute atomic E-state index is 12.8. The van der Waals surface area contributed by atoms with E-state index < -0.39 is 35.8 Å². The molecule has 3 N–H and O–H groups in total. The van der Waals surface area contributed by atoms with Gasteiger partial charge in [-0.05, 0) is 31.2 Å². The van der Waals surface area contributed by atoms with Gasteiger partial charge < -0.3 is 11.1 Å². The fourth-order valence-corrected chi connectivity index (χ4v) is 4.36. The van der Waals surface area contributed by atoms with E-state index in [0.29, 0.717) is 11.4 Å². The van der Waals surface area contributed by atoms with Gasteiger partial charge in [0.15, 0.2) is 12.0 Å². The highest BCUT2D eigenvalue weighted by Gasteiger charge is 2.37. The van der Waals surface area contributed by atoms with E-state index in [9.17, 15) is 27.6 Å². The number of nitrogens with two attached hydrogens (primary N) is 1. The van der Waals surface area contributed by atoms with Crippen molar-refractivity contribution >= 4 is 34.4 Å². The van der Waals surface area contributed by atoms with Crippen LogP contribution in [0.15, 0.2) is 6.20 Å².